The van der Waals surface area contributed by atoms with Crippen molar-refractivity contribution in [1.29, 1.82) is 0 Å². The van der Waals surface area contributed by atoms with E-state index in [1.165, 1.54) is 0 Å². The van der Waals surface area contributed by atoms with Crippen LogP contribution in [0.5, 0.6) is 5.75 Å². The Labute approximate surface area is 140 Å². The van der Waals surface area contributed by atoms with Gasteiger partial charge in [-0.1, -0.05) is 23.4 Å². The zero-order valence-electron chi connectivity index (χ0n) is 13.9. The number of rotatable bonds is 8. The Morgan fingerprint density at radius 2 is 2.04 bits per heavy atom. The molecule has 2 heterocycles. The standard InChI is InChI=1S/C17H21N5O2/c1-3-22-10-9-18-16(22)11-21(2)12-17-19-15(20-24-17)13-23-14-7-5-4-6-8-14/h4-10H,3,11-13H2,1-2H3. The Kier molecular flexibility index (Phi) is 5.22. The van der Waals surface area contributed by atoms with Crippen molar-refractivity contribution >= 4 is 0 Å². The van der Waals surface area contributed by atoms with Gasteiger partial charge in [-0.25, -0.2) is 4.98 Å². The van der Waals surface area contributed by atoms with Crippen LogP contribution in [0.3, 0.4) is 0 Å². The molecule has 0 aliphatic carbocycles. The molecule has 3 aromatic rings. The van der Waals surface area contributed by atoms with Gasteiger partial charge in [0.1, 0.15) is 11.6 Å². The summed E-state index contributed by atoms with van der Waals surface area (Å²) in [5, 5.41) is 3.96. The van der Waals surface area contributed by atoms with Crippen LogP contribution in [0.25, 0.3) is 0 Å². The number of hydrogen-bond acceptors (Lipinski definition) is 6. The zero-order valence-corrected chi connectivity index (χ0v) is 13.9. The average Bonchev–Trinajstić information content (AvgIpc) is 3.23. The molecule has 0 saturated carbocycles. The number of nitrogens with zero attached hydrogens (tertiary/aromatic N) is 5. The molecule has 1 aromatic carbocycles. The molecular formula is C17H21N5O2. The van der Waals surface area contributed by atoms with Crippen LogP contribution >= 0.6 is 0 Å². The van der Waals surface area contributed by atoms with Crippen LogP contribution in [-0.2, 0) is 26.2 Å². The lowest BCUT2D eigenvalue weighted by Gasteiger charge is -2.14. The van der Waals surface area contributed by atoms with Crippen LogP contribution < -0.4 is 4.74 Å². The van der Waals surface area contributed by atoms with E-state index < -0.39 is 0 Å². The lowest BCUT2D eigenvalue weighted by molar-refractivity contribution is 0.250. The number of benzene rings is 1. The minimum absolute atomic E-state index is 0.289. The average molecular weight is 327 g/mol. The van der Waals surface area contributed by atoms with Crippen LogP contribution in [0, 0.1) is 0 Å². The van der Waals surface area contributed by atoms with Crippen molar-refractivity contribution in [2.24, 2.45) is 0 Å². The maximum atomic E-state index is 5.61. The van der Waals surface area contributed by atoms with Gasteiger partial charge in [0.15, 0.2) is 6.61 Å². The molecule has 0 fully saturated rings. The third-order valence-corrected chi connectivity index (χ3v) is 3.58. The largest absolute Gasteiger partial charge is 0.485 e. The second kappa shape index (κ2) is 7.74. The summed E-state index contributed by atoms with van der Waals surface area (Å²) in [6, 6.07) is 9.58. The summed E-state index contributed by atoms with van der Waals surface area (Å²) >= 11 is 0. The Bertz CT molecular complexity index is 753. The van der Waals surface area contributed by atoms with Crippen LogP contribution in [0.1, 0.15) is 24.5 Å². The molecule has 126 valence electrons. The second-order valence-corrected chi connectivity index (χ2v) is 5.51. The highest BCUT2D eigenvalue weighted by molar-refractivity contribution is 5.20. The van der Waals surface area contributed by atoms with Crippen molar-refractivity contribution in [3.05, 3.63) is 60.3 Å². The van der Waals surface area contributed by atoms with Crippen LogP contribution in [0.15, 0.2) is 47.2 Å². The van der Waals surface area contributed by atoms with Gasteiger partial charge in [0.25, 0.3) is 0 Å². The quantitative estimate of drug-likeness (QED) is 0.633. The maximum Gasteiger partial charge on any atom is 0.240 e. The van der Waals surface area contributed by atoms with E-state index in [2.05, 4.69) is 31.5 Å². The van der Waals surface area contributed by atoms with Gasteiger partial charge in [-0.2, -0.15) is 4.98 Å². The summed E-state index contributed by atoms with van der Waals surface area (Å²) in [4.78, 5) is 10.8. The van der Waals surface area contributed by atoms with Gasteiger partial charge in [0.2, 0.25) is 11.7 Å². The Morgan fingerprint density at radius 3 is 2.83 bits per heavy atom. The van der Waals surface area contributed by atoms with Gasteiger partial charge >= 0.3 is 0 Å². The highest BCUT2D eigenvalue weighted by Gasteiger charge is 2.12. The third-order valence-electron chi connectivity index (χ3n) is 3.58. The van der Waals surface area contributed by atoms with E-state index >= 15 is 0 Å². The number of imidazole rings is 1. The molecule has 0 spiro atoms. The first kappa shape index (κ1) is 16.2. The minimum Gasteiger partial charge on any atom is -0.485 e. The molecule has 0 aliphatic rings. The fourth-order valence-electron chi connectivity index (χ4n) is 2.39. The summed E-state index contributed by atoms with van der Waals surface area (Å²) in [5.41, 5.74) is 0. The molecule has 2 aromatic heterocycles. The topological polar surface area (TPSA) is 69.2 Å². The molecule has 0 N–H and O–H groups in total. The lowest BCUT2D eigenvalue weighted by Crippen LogP contribution is -2.20. The number of aryl methyl sites for hydroxylation is 1. The van der Waals surface area contributed by atoms with E-state index in [1.807, 2.05) is 49.8 Å². The van der Waals surface area contributed by atoms with Crippen molar-refractivity contribution in [2.75, 3.05) is 7.05 Å². The molecule has 0 bridgehead atoms. The van der Waals surface area contributed by atoms with Crippen molar-refractivity contribution < 1.29 is 9.26 Å². The van der Waals surface area contributed by atoms with Gasteiger partial charge in [0, 0.05) is 18.9 Å². The molecule has 7 nitrogen and oxygen atoms in total. The van der Waals surface area contributed by atoms with E-state index in [4.69, 9.17) is 9.26 Å². The highest BCUT2D eigenvalue weighted by atomic mass is 16.5. The Morgan fingerprint density at radius 1 is 1.21 bits per heavy atom. The molecule has 0 atom stereocenters. The fourth-order valence-corrected chi connectivity index (χ4v) is 2.39. The lowest BCUT2D eigenvalue weighted by atomic mass is 10.3. The summed E-state index contributed by atoms with van der Waals surface area (Å²) in [5.74, 6) is 2.91. The molecular weight excluding hydrogens is 306 g/mol. The summed E-state index contributed by atoms with van der Waals surface area (Å²) in [6.45, 7) is 4.58. The van der Waals surface area contributed by atoms with Gasteiger partial charge in [-0.05, 0) is 26.1 Å². The van der Waals surface area contributed by atoms with E-state index in [0.717, 1.165) is 24.7 Å². The first-order chi connectivity index (χ1) is 11.7. The predicted octanol–water partition coefficient (Wildman–Crippen LogP) is 2.50. The van der Waals surface area contributed by atoms with E-state index in [0.29, 0.717) is 18.3 Å². The third kappa shape index (κ3) is 4.20. The van der Waals surface area contributed by atoms with Gasteiger partial charge < -0.3 is 13.8 Å². The Hall–Kier alpha value is -2.67. The zero-order chi connectivity index (χ0) is 16.8. The van der Waals surface area contributed by atoms with E-state index in [1.54, 1.807) is 0 Å². The van der Waals surface area contributed by atoms with E-state index in [-0.39, 0.29) is 6.61 Å². The van der Waals surface area contributed by atoms with Crippen molar-refractivity contribution in [2.45, 2.75) is 33.2 Å². The van der Waals surface area contributed by atoms with Gasteiger partial charge in [0.05, 0.1) is 13.1 Å². The molecule has 0 saturated heterocycles. The molecule has 0 aliphatic heterocycles. The first-order valence-corrected chi connectivity index (χ1v) is 7.92. The van der Waals surface area contributed by atoms with Crippen LogP contribution in [0.4, 0.5) is 0 Å². The van der Waals surface area contributed by atoms with Crippen molar-refractivity contribution in [3.63, 3.8) is 0 Å². The minimum atomic E-state index is 0.289. The number of ether oxygens (including phenoxy) is 1. The molecule has 7 heteroatoms. The van der Waals surface area contributed by atoms with Crippen molar-refractivity contribution in [1.82, 2.24) is 24.6 Å². The van der Waals surface area contributed by atoms with Gasteiger partial charge in [-0.3, -0.25) is 4.90 Å². The molecule has 0 amide bonds. The second-order valence-electron chi connectivity index (χ2n) is 5.51. The smallest absolute Gasteiger partial charge is 0.240 e. The fraction of sp³-hybridized carbons (Fsp3) is 0.353. The summed E-state index contributed by atoms with van der Waals surface area (Å²) < 4.78 is 13.0. The number of para-hydroxylation sites is 1. The van der Waals surface area contributed by atoms with Crippen LogP contribution in [-0.4, -0.2) is 31.6 Å². The number of hydrogen-bond donors (Lipinski definition) is 0. The highest BCUT2D eigenvalue weighted by Crippen LogP contribution is 2.11. The summed E-state index contributed by atoms with van der Waals surface area (Å²) in [6.07, 6.45) is 3.80. The molecule has 0 unspecified atom stereocenters. The van der Waals surface area contributed by atoms with Crippen molar-refractivity contribution in [3.8, 4) is 5.75 Å². The normalized spacial score (nSPS) is 11.1. The first-order valence-electron chi connectivity index (χ1n) is 7.92. The molecule has 3 rings (SSSR count). The number of aromatic nitrogens is 4. The predicted molar refractivity (Wildman–Crippen MR) is 88.1 cm³/mol. The van der Waals surface area contributed by atoms with Gasteiger partial charge in [-0.15, -0.1) is 0 Å². The Balaban J connectivity index is 1.52. The molecule has 0 radical (unpaired) electrons. The van der Waals surface area contributed by atoms with Crippen LogP contribution in [0.2, 0.25) is 0 Å². The molecule has 24 heavy (non-hydrogen) atoms. The monoisotopic (exact) mass is 327 g/mol. The SMILES string of the molecule is CCn1ccnc1CN(C)Cc1nc(COc2ccccc2)no1. The maximum absolute atomic E-state index is 5.61. The van der Waals surface area contributed by atoms with E-state index in [9.17, 15) is 0 Å². The summed E-state index contributed by atoms with van der Waals surface area (Å²) in [7, 11) is 2.00.